The molecular weight excluding hydrogens is 250 g/mol. The van der Waals surface area contributed by atoms with E-state index in [1.165, 1.54) is 4.90 Å². The van der Waals surface area contributed by atoms with Crippen molar-refractivity contribution in [2.24, 2.45) is 11.8 Å². The fourth-order valence-corrected chi connectivity index (χ4v) is 2.08. The Morgan fingerprint density at radius 3 is 2.58 bits per heavy atom. The van der Waals surface area contributed by atoms with Gasteiger partial charge in [0.25, 0.3) is 0 Å². The fraction of sp³-hybridized carbons (Fsp3) is 0.769. The zero-order valence-corrected chi connectivity index (χ0v) is 11.6. The molecule has 0 bridgehead atoms. The molecule has 1 heterocycles. The lowest BCUT2D eigenvalue weighted by Gasteiger charge is -2.23. The summed E-state index contributed by atoms with van der Waals surface area (Å²) in [7, 11) is 0. The highest BCUT2D eigenvalue weighted by Crippen LogP contribution is 2.22. The summed E-state index contributed by atoms with van der Waals surface area (Å²) in [6, 6.07) is -0.216. The molecule has 1 aliphatic rings. The van der Waals surface area contributed by atoms with Crippen molar-refractivity contribution in [3.8, 4) is 0 Å². The zero-order valence-electron chi connectivity index (χ0n) is 11.6. The van der Waals surface area contributed by atoms with Gasteiger partial charge in [0, 0.05) is 12.8 Å². The van der Waals surface area contributed by atoms with E-state index in [2.05, 4.69) is 0 Å². The molecule has 19 heavy (non-hydrogen) atoms. The molecule has 0 radical (unpaired) electrons. The van der Waals surface area contributed by atoms with Crippen LogP contribution in [0.4, 0.5) is 4.79 Å². The number of nitrogens with zero attached hydrogens (tertiary/aromatic N) is 1. The highest BCUT2D eigenvalue weighted by atomic mass is 16.6. The second-order valence-corrected chi connectivity index (χ2v) is 5.39. The number of aliphatic carboxylic acids is 1. The molecule has 0 aromatic heterocycles. The van der Waals surface area contributed by atoms with Crippen LogP contribution in [0.2, 0.25) is 0 Å². The van der Waals surface area contributed by atoms with E-state index >= 15 is 0 Å². The van der Waals surface area contributed by atoms with E-state index in [0.29, 0.717) is 6.42 Å². The maximum Gasteiger partial charge on any atom is 0.416 e. The van der Waals surface area contributed by atoms with Crippen molar-refractivity contribution in [2.45, 2.75) is 46.1 Å². The van der Waals surface area contributed by atoms with Crippen LogP contribution in [-0.2, 0) is 14.3 Å². The van der Waals surface area contributed by atoms with Crippen LogP contribution >= 0.6 is 0 Å². The third-order valence-corrected chi connectivity index (χ3v) is 3.32. The molecule has 1 aliphatic heterocycles. The molecular formula is C13H21NO5. The van der Waals surface area contributed by atoms with Gasteiger partial charge in [-0.05, 0) is 18.3 Å². The number of carboxylic acid groups (broad SMARTS) is 1. The molecule has 6 heteroatoms. The molecule has 0 spiro atoms. The lowest BCUT2D eigenvalue weighted by atomic mass is 9.99. The lowest BCUT2D eigenvalue weighted by Crippen LogP contribution is -2.42. The van der Waals surface area contributed by atoms with Gasteiger partial charge in [0.2, 0.25) is 5.91 Å². The fourth-order valence-electron chi connectivity index (χ4n) is 2.08. The van der Waals surface area contributed by atoms with Gasteiger partial charge in [-0.3, -0.25) is 9.59 Å². The van der Waals surface area contributed by atoms with Gasteiger partial charge in [0.05, 0.1) is 6.04 Å². The number of hydrogen-bond donors (Lipinski definition) is 1. The molecule has 0 saturated carbocycles. The Morgan fingerprint density at radius 1 is 1.42 bits per heavy atom. The van der Waals surface area contributed by atoms with Gasteiger partial charge in [-0.15, -0.1) is 0 Å². The summed E-state index contributed by atoms with van der Waals surface area (Å²) >= 11 is 0. The molecule has 2 amide bonds. The molecule has 0 aliphatic carbocycles. The van der Waals surface area contributed by atoms with Crippen molar-refractivity contribution >= 4 is 18.0 Å². The number of ether oxygens (including phenoxy) is 1. The predicted octanol–water partition coefficient (Wildman–Crippen LogP) is 1.88. The Morgan fingerprint density at radius 2 is 2.05 bits per heavy atom. The second kappa shape index (κ2) is 6.54. The highest BCUT2D eigenvalue weighted by Gasteiger charge is 2.39. The first kappa shape index (κ1) is 15.5. The van der Waals surface area contributed by atoms with Gasteiger partial charge in [-0.1, -0.05) is 20.8 Å². The summed E-state index contributed by atoms with van der Waals surface area (Å²) in [6.07, 6.45) is 0.0446. The van der Waals surface area contributed by atoms with E-state index in [4.69, 9.17) is 9.84 Å². The highest BCUT2D eigenvalue weighted by molar-refractivity contribution is 5.93. The molecule has 0 unspecified atom stereocenters. The number of carboxylic acids is 1. The first-order valence-corrected chi connectivity index (χ1v) is 6.53. The van der Waals surface area contributed by atoms with Crippen LogP contribution in [-0.4, -0.2) is 40.6 Å². The molecule has 1 fully saturated rings. The Kier molecular flexibility index (Phi) is 5.32. The first-order valence-electron chi connectivity index (χ1n) is 6.53. The number of carbonyl (C=O) groups is 3. The van der Waals surface area contributed by atoms with Gasteiger partial charge in [0.1, 0.15) is 6.61 Å². The molecule has 6 nitrogen and oxygen atoms in total. The van der Waals surface area contributed by atoms with Crippen molar-refractivity contribution < 1.29 is 24.2 Å². The van der Waals surface area contributed by atoms with Crippen LogP contribution in [0, 0.1) is 11.8 Å². The maximum absolute atomic E-state index is 12.1. The zero-order chi connectivity index (χ0) is 14.6. The van der Waals surface area contributed by atoms with Crippen molar-refractivity contribution in [3.63, 3.8) is 0 Å². The monoisotopic (exact) mass is 271 g/mol. The van der Waals surface area contributed by atoms with Crippen molar-refractivity contribution in [3.05, 3.63) is 0 Å². The van der Waals surface area contributed by atoms with Gasteiger partial charge >= 0.3 is 12.1 Å². The normalized spacial score (nSPS) is 20.5. The van der Waals surface area contributed by atoms with E-state index < -0.39 is 12.1 Å². The standard InChI is InChI=1S/C13H21NO5/c1-8(2)10-7-19-13(18)14(10)11(15)6-9(3)4-5-12(16)17/h8-10H,4-7H2,1-3H3,(H,16,17)/t9-,10+/m0/s1. The third-order valence-electron chi connectivity index (χ3n) is 3.32. The number of rotatable bonds is 6. The van der Waals surface area contributed by atoms with E-state index in [-0.39, 0.29) is 43.2 Å². The minimum Gasteiger partial charge on any atom is -0.481 e. The van der Waals surface area contributed by atoms with Crippen molar-refractivity contribution in [1.82, 2.24) is 4.90 Å². The number of amides is 2. The minimum atomic E-state index is -0.875. The second-order valence-electron chi connectivity index (χ2n) is 5.39. The average Bonchev–Trinajstić information content (AvgIpc) is 2.68. The summed E-state index contributed by atoms with van der Waals surface area (Å²) in [5.41, 5.74) is 0. The smallest absolute Gasteiger partial charge is 0.416 e. The van der Waals surface area contributed by atoms with Crippen molar-refractivity contribution in [1.29, 1.82) is 0 Å². The minimum absolute atomic E-state index is 0.0342. The van der Waals surface area contributed by atoms with E-state index in [1.54, 1.807) is 0 Å². The molecule has 1 rings (SSSR count). The van der Waals surface area contributed by atoms with Crippen molar-refractivity contribution in [2.75, 3.05) is 6.61 Å². The van der Waals surface area contributed by atoms with Crippen LogP contribution in [0.3, 0.4) is 0 Å². The topological polar surface area (TPSA) is 83.9 Å². The van der Waals surface area contributed by atoms with Gasteiger partial charge in [0.15, 0.2) is 0 Å². The van der Waals surface area contributed by atoms with E-state index in [9.17, 15) is 14.4 Å². The number of cyclic esters (lactones) is 1. The molecule has 108 valence electrons. The Balaban J connectivity index is 2.56. The average molecular weight is 271 g/mol. The van der Waals surface area contributed by atoms with E-state index in [0.717, 1.165) is 0 Å². The lowest BCUT2D eigenvalue weighted by molar-refractivity contribution is -0.138. The SMILES string of the molecule is CC(C)[C@H]1COC(=O)N1C(=O)C[C@@H](C)CCC(=O)O. The number of imide groups is 1. The van der Waals surface area contributed by atoms with E-state index in [1.807, 2.05) is 20.8 Å². The van der Waals surface area contributed by atoms with Crippen LogP contribution in [0.1, 0.15) is 40.0 Å². The molecule has 1 N–H and O–H groups in total. The molecule has 0 aromatic rings. The summed E-state index contributed by atoms with van der Waals surface area (Å²) in [5, 5.41) is 8.60. The molecule has 0 aromatic carbocycles. The predicted molar refractivity (Wildman–Crippen MR) is 67.5 cm³/mol. The number of carbonyl (C=O) groups excluding carboxylic acids is 2. The molecule has 2 atom stereocenters. The molecule has 1 saturated heterocycles. The van der Waals surface area contributed by atoms with Crippen LogP contribution in [0.25, 0.3) is 0 Å². The van der Waals surface area contributed by atoms with Crippen LogP contribution in [0.15, 0.2) is 0 Å². The summed E-state index contributed by atoms with van der Waals surface area (Å²) in [5.74, 6) is -1.08. The Hall–Kier alpha value is -1.59. The summed E-state index contributed by atoms with van der Waals surface area (Å²) in [6.45, 7) is 5.92. The summed E-state index contributed by atoms with van der Waals surface area (Å²) in [4.78, 5) is 35.3. The third kappa shape index (κ3) is 4.22. The number of hydrogen-bond acceptors (Lipinski definition) is 4. The van der Waals surface area contributed by atoms with Crippen LogP contribution < -0.4 is 0 Å². The van der Waals surface area contributed by atoms with Gasteiger partial charge < -0.3 is 9.84 Å². The quantitative estimate of drug-likeness (QED) is 0.797. The van der Waals surface area contributed by atoms with Crippen LogP contribution in [0.5, 0.6) is 0 Å². The largest absolute Gasteiger partial charge is 0.481 e. The summed E-state index contributed by atoms with van der Waals surface area (Å²) < 4.78 is 4.91. The Bertz CT molecular complexity index is 366. The first-order chi connectivity index (χ1) is 8.82. The van der Waals surface area contributed by atoms with Gasteiger partial charge in [-0.25, -0.2) is 9.69 Å². The van der Waals surface area contributed by atoms with Gasteiger partial charge in [-0.2, -0.15) is 0 Å². The maximum atomic E-state index is 12.1. The Labute approximate surface area is 112 Å².